The van der Waals surface area contributed by atoms with Gasteiger partial charge < -0.3 is 25.0 Å². The zero-order valence-electron chi connectivity index (χ0n) is 24.6. The summed E-state index contributed by atoms with van der Waals surface area (Å²) in [6.07, 6.45) is 3.39. The molecule has 0 spiro atoms. The monoisotopic (exact) mass is 598 g/mol. The second-order valence-corrected chi connectivity index (χ2v) is 12.6. The van der Waals surface area contributed by atoms with Crippen molar-refractivity contribution in [3.8, 4) is 11.6 Å². The maximum absolute atomic E-state index is 13.6. The van der Waals surface area contributed by atoms with Gasteiger partial charge >= 0.3 is 6.03 Å². The van der Waals surface area contributed by atoms with E-state index in [2.05, 4.69) is 32.1 Å². The smallest absolute Gasteiger partial charge is 0.331 e. The summed E-state index contributed by atoms with van der Waals surface area (Å²) in [4.78, 5) is 41.1. The predicted octanol–water partition coefficient (Wildman–Crippen LogP) is 6.96. The van der Waals surface area contributed by atoms with Gasteiger partial charge in [0.15, 0.2) is 5.88 Å². The molecule has 3 amide bonds. The molecule has 1 fully saturated rings. The number of anilines is 3. The van der Waals surface area contributed by atoms with E-state index in [1.165, 1.54) is 11.3 Å². The summed E-state index contributed by atoms with van der Waals surface area (Å²) in [5.74, 6) is 1.46. The Morgan fingerprint density at radius 2 is 1.93 bits per heavy atom. The number of thiophene rings is 1. The third-order valence-corrected chi connectivity index (χ3v) is 8.32. The molecule has 222 valence electrons. The number of urea groups is 1. The van der Waals surface area contributed by atoms with E-state index in [-0.39, 0.29) is 23.6 Å². The second-order valence-electron chi connectivity index (χ2n) is 11.6. The van der Waals surface area contributed by atoms with Gasteiger partial charge in [-0.15, -0.1) is 11.3 Å². The molecule has 6 rings (SSSR count). The van der Waals surface area contributed by atoms with Crippen LogP contribution in [0.2, 0.25) is 0 Å². The summed E-state index contributed by atoms with van der Waals surface area (Å²) in [7, 11) is 0. The molecule has 5 heterocycles. The number of amides is 3. The predicted molar refractivity (Wildman–Crippen MR) is 168 cm³/mol. The third-order valence-electron chi connectivity index (χ3n) is 7.22. The van der Waals surface area contributed by atoms with Crippen molar-refractivity contribution in [3.63, 3.8) is 0 Å². The van der Waals surface area contributed by atoms with E-state index in [1.54, 1.807) is 23.2 Å². The van der Waals surface area contributed by atoms with Crippen LogP contribution >= 0.6 is 11.3 Å². The summed E-state index contributed by atoms with van der Waals surface area (Å²) >= 11 is 1.27. The van der Waals surface area contributed by atoms with Crippen molar-refractivity contribution in [1.29, 1.82) is 0 Å². The van der Waals surface area contributed by atoms with Gasteiger partial charge in [0.25, 0.3) is 5.91 Å². The highest BCUT2D eigenvalue weighted by molar-refractivity contribution is 7.21. The average Bonchev–Trinajstić information content (AvgIpc) is 3.33. The van der Waals surface area contributed by atoms with E-state index in [0.717, 1.165) is 24.8 Å². The van der Waals surface area contributed by atoms with Crippen molar-refractivity contribution in [2.75, 3.05) is 23.3 Å². The van der Waals surface area contributed by atoms with Crippen LogP contribution in [0.1, 0.15) is 49.0 Å². The van der Waals surface area contributed by atoms with Crippen LogP contribution in [-0.2, 0) is 4.74 Å². The van der Waals surface area contributed by atoms with Crippen molar-refractivity contribution >= 4 is 50.6 Å². The van der Waals surface area contributed by atoms with Crippen LogP contribution in [0.25, 0.3) is 10.2 Å². The number of pyridine rings is 2. The van der Waals surface area contributed by atoms with Crippen LogP contribution in [-0.4, -0.2) is 51.5 Å². The van der Waals surface area contributed by atoms with Crippen LogP contribution in [0.15, 0.2) is 67.2 Å². The van der Waals surface area contributed by atoms with E-state index in [1.807, 2.05) is 64.1 Å². The molecule has 0 bridgehead atoms. The van der Waals surface area contributed by atoms with E-state index >= 15 is 0 Å². The summed E-state index contributed by atoms with van der Waals surface area (Å²) in [6, 6.07) is 14.3. The number of likely N-dealkylation sites (tertiary alicyclic amines) is 1. The topological polar surface area (TPSA) is 109 Å². The van der Waals surface area contributed by atoms with Crippen molar-refractivity contribution in [3.05, 3.63) is 77.8 Å². The minimum atomic E-state index is -0.381. The standard InChI is InChI=1S/C32H34N6O4S/c1-19-23(13-14-25(34-19)41-22-11-7-6-8-12-22)38-24-15-16-33-30-26(24)27(36-31(38)40)28(43-30)29(39)35-21-10-9-17-37(18-21)20(2)42-32(3,4)5/h6-8,11-16,21H,2,9-10,17-18H2,1,3-5H3,(H,35,39)(H,36,40)/t21-/m1/s1. The van der Waals surface area contributed by atoms with Gasteiger partial charge in [-0.05, 0) is 71.4 Å². The lowest BCUT2D eigenvalue weighted by molar-refractivity contribution is -0.00490. The zero-order valence-corrected chi connectivity index (χ0v) is 25.5. The molecule has 10 nitrogen and oxygen atoms in total. The number of nitrogens with one attached hydrogen (secondary N) is 2. The quantitative estimate of drug-likeness (QED) is 0.222. The highest BCUT2D eigenvalue weighted by atomic mass is 32.1. The number of piperidine rings is 1. The number of hydrogen-bond acceptors (Lipinski definition) is 8. The molecule has 1 atom stereocenters. The number of para-hydroxylation sites is 1. The number of nitrogens with zero attached hydrogens (tertiary/aromatic N) is 4. The van der Waals surface area contributed by atoms with E-state index in [0.29, 0.717) is 56.5 Å². The number of aryl methyl sites for hydroxylation is 1. The van der Waals surface area contributed by atoms with Gasteiger partial charge in [0.05, 0.1) is 28.1 Å². The Balaban J connectivity index is 1.25. The Morgan fingerprint density at radius 1 is 1.14 bits per heavy atom. The molecule has 2 aliphatic heterocycles. The molecule has 43 heavy (non-hydrogen) atoms. The molecular formula is C32H34N6O4S. The fourth-order valence-corrected chi connectivity index (χ4v) is 6.43. The molecule has 11 heteroatoms. The third kappa shape index (κ3) is 5.85. The SMILES string of the molecule is C=C(OC(C)(C)C)N1CCC[C@@H](NC(=O)c2sc3nccc4c3c2NC(=O)N4c2ccc(Oc3ccccc3)nc2C)C1. The van der Waals surface area contributed by atoms with Crippen LogP contribution in [0.3, 0.4) is 0 Å². The first-order valence-corrected chi connectivity index (χ1v) is 15.1. The summed E-state index contributed by atoms with van der Waals surface area (Å²) in [6.45, 7) is 13.3. The minimum Gasteiger partial charge on any atom is -0.474 e. The first-order chi connectivity index (χ1) is 20.6. The Morgan fingerprint density at radius 3 is 2.67 bits per heavy atom. The van der Waals surface area contributed by atoms with Crippen molar-refractivity contribution in [2.45, 2.75) is 52.2 Å². The van der Waals surface area contributed by atoms with E-state index < -0.39 is 0 Å². The van der Waals surface area contributed by atoms with Crippen molar-refractivity contribution < 1.29 is 19.1 Å². The van der Waals surface area contributed by atoms with Gasteiger partial charge in [-0.3, -0.25) is 9.69 Å². The van der Waals surface area contributed by atoms with Gasteiger partial charge in [-0.2, -0.15) is 0 Å². The van der Waals surface area contributed by atoms with Gasteiger partial charge in [0, 0.05) is 31.4 Å². The minimum absolute atomic E-state index is 0.0902. The number of benzene rings is 1. The van der Waals surface area contributed by atoms with E-state index in [4.69, 9.17) is 9.47 Å². The van der Waals surface area contributed by atoms with Gasteiger partial charge in [-0.25, -0.2) is 14.8 Å². The number of carbonyl (C=O) groups excluding carboxylic acids is 2. The Kier molecular flexibility index (Phi) is 7.43. The van der Waals surface area contributed by atoms with Crippen LogP contribution in [0.5, 0.6) is 11.6 Å². The number of hydrogen-bond donors (Lipinski definition) is 2. The highest BCUT2D eigenvalue weighted by Crippen LogP contribution is 2.46. The van der Waals surface area contributed by atoms with Crippen LogP contribution < -0.4 is 20.3 Å². The molecule has 4 aromatic rings. The number of ether oxygens (including phenoxy) is 2. The first-order valence-electron chi connectivity index (χ1n) is 14.2. The number of aromatic nitrogens is 2. The molecule has 0 aliphatic carbocycles. The lowest BCUT2D eigenvalue weighted by Crippen LogP contribution is -2.48. The van der Waals surface area contributed by atoms with Crippen LogP contribution in [0.4, 0.5) is 21.9 Å². The molecule has 2 aliphatic rings. The fourth-order valence-electron chi connectivity index (χ4n) is 5.41. The maximum Gasteiger partial charge on any atom is 0.331 e. The van der Waals surface area contributed by atoms with Crippen molar-refractivity contribution in [1.82, 2.24) is 20.2 Å². The molecule has 2 N–H and O–H groups in total. The normalized spacial score (nSPS) is 16.6. The summed E-state index contributed by atoms with van der Waals surface area (Å²) in [5, 5.41) is 6.86. The Hall–Kier alpha value is -4.64. The molecule has 3 aromatic heterocycles. The summed E-state index contributed by atoms with van der Waals surface area (Å²) in [5.41, 5.74) is 1.98. The average molecular weight is 599 g/mol. The van der Waals surface area contributed by atoms with E-state index in [9.17, 15) is 9.59 Å². The summed E-state index contributed by atoms with van der Waals surface area (Å²) < 4.78 is 11.8. The lowest BCUT2D eigenvalue weighted by atomic mass is 10.1. The molecule has 0 saturated carbocycles. The zero-order chi connectivity index (χ0) is 30.3. The maximum atomic E-state index is 13.6. The lowest BCUT2D eigenvalue weighted by Gasteiger charge is -2.37. The second kappa shape index (κ2) is 11.2. The molecule has 0 unspecified atom stereocenters. The Labute approximate surface area is 254 Å². The number of carbonyl (C=O) groups is 2. The van der Waals surface area contributed by atoms with Gasteiger partial charge in [-0.1, -0.05) is 18.2 Å². The number of rotatable bonds is 7. The molecular weight excluding hydrogens is 564 g/mol. The highest BCUT2D eigenvalue weighted by Gasteiger charge is 2.34. The Bertz CT molecular complexity index is 1710. The first kappa shape index (κ1) is 28.5. The molecule has 1 saturated heterocycles. The van der Waals surface area contributed by atoms with Crippen LogP contribution in [0, 0.1) is 6.92 Å². The van der Waals surface area contributed by atoms with Gasteiger partial charge in [0.2, 0.25) is 5.88 Å². The van der Waals surface area contributed by atoms with Crippen molar-refractivity contribution in [2.24, 2.45) is 0 Å². The molecule has 0 radical (unpaired) electrons. The fraction of sp³-hybridized carbons (Fsp3) is 0.312. The van der Waals surface area contributed by atoms with Gasteiger partial charge in [0.1, 0.15) is 21.1 Å². The largest absolute Gasteiger partial charge is 0.474 e. The molecule has 1 aromatic carbocycles.